The molecular weight excluding hydrogens is 378 g/mol. The molecule has 3 aliphatic rings. The first kappa shape index (κ1) is 21.0. The molecule has 0 unspecified atom stereocenters. The minimum absolute atomic E-state index is 0.0968. The van der Waals surface area contributed by atoms with Crippen LogP contribution in [0.5, 0.6) is 0 Å². The number of nitrogens with one attached hydrogen (secondary N) is 2. The summed E-state index contributed by atoms with van der Waals surface area (Å²) in [5, 5.41) is 2.93. The number of hydrogen-bond donors (Lipinski definition) is 2. The van der Waals surface area contributed by atoms with E-state index in [-0.39, 0.29) is 22.5 Å². The molecule has 0 bridgehead atoms. The van der Waals surface area contributed by atoms with Crippen LogP contribution in [0.1, 0.15) is 59.8 Å². The molecule has 1 heterocycles. The quantitative estimate of drug-likeness (QED) is 0.520. The van der Waals surface area contributed by atoms with Crippen molar-refractivity contribution in [1.29, 1.82) is 0 Å². The van der Waals surface area contributed by atoms with Crippen molar-refractivity contribution >= 4 is 29.9 Å². The molecule has 7 nitrogen and oxygen atoms in total. The zero-order valence-electron chi connectivity index (χ0n) is 17.2. The van der Waals surface area contributed by atoms with Crippen molar-refractivity contribution in [1.82, 2.24) is 14.9 Å². The Bertz CT molecular complexity index is 685. The van der Waals surface area contributed by atoms with Gasteiger partial charge in [-0.05, 0) is 71.7 Å². The first-order chi connectivity index (χ1) is 13.0. The predicted octanol–water partition coefficient (Wildman–Crippen LogP) is 2.76. The van der Waals surface area contributed by atoms with E-state index in [2.05, 4.69) is 23.5 Å². The highest BCUT2D eigenvalue weighted by molar-refractivity contribution is 7.99. The monoisotopic (exact) mass is 409 g/mol. The minimum Gasteiger partial charge on any atom is -0.444 e. The standard InChI is InChI=1S/C20H31N3O4S/c1-6-13-12-20(13,16(25)22-28-19(5)9-10-19)21-15(24)14-8-7-11-23(14)17(26)27-18(2,3)4/h6,13-14H,1,7-12H2,2-5H3,(H,21,24)(H,22,25)/t13-,14+,20-/m1/s1. The topological polar surface area (TPSA) is 87.7 Å². The van der Waals surface area contributed by atoms with Crippen molar-refractivity contribution in [2.24, 2.45) is 5.92 Å². The first-order valence-electron chi connectivity index (χ1n) is 9.92. The number of hydrogen-bond acceptors (Lipinski definition) is 5. The van der Waals surface area contributed by atoms with E-state index in [0.29, 0.717) is 19.4 Å². The molecule has 3 rings (SSSR count). The fourth-order valence-corrected chi connectivity index (χ4v) is 4.28. The third-order valence-corrected chi connectivity index (χ3v) is 6.77. The van der Waals surface area contributed by atoms with Gasteiger partial charge in [0.25, 0.3) is 5.91 Å². The second kappa shape index (κ2) is 7.28. The van der Waals surface area contributed by atoms with Gasteiger partial charge in [-0.2, -0.15) is 0 Å². The molecule has 1 saturated heterocycles. The van der Waals surface area contributed by atoms with Gasteiger partial charge in [0.15, 0.2) is 0 Å². The fraction of sp³-hybridized carbons (Fsp3) is 0.750. The molecule has 0 aromatic rings. The van der Waals surface area contributed by atoms with E-state index in [1.807, 2.05) is 0 Å². The molecule has 2 aliphatic carbocycles. The van der Waals surface area contributed by atoms with Crippen LogP contribution in [0.4, 0.5) is 4.79 Å². The highest BCUT2D eigenvalue weighted by Gasteiger charge is 2.61. The summed E-state index contributed by atoms with van der Waals surface area (Å²) in [7, 11) is 0. The van der Waals surface area contributed by atoms with Gasteiger partial charge in [-0.1, -0.05) is 6.08 Å². The van der Waals surface area contributed by atoms with Crippen molar-refractivity contribution < 1.29 is 19.1 Å². The van der Waals surface area contributed by atoms with Crippen LogP contribution in [0.25, 0.3) is 0 Å². The summed E-state index contributed by atoms with van der Waals surface area (Å²) in [4.78, 5) is 39.7. The summed E-state index contributed by atoms with van der Waals surface area (Å²) in [5.41, 5.74) is -1.58. The molecule has 0 radical (unpaired) electrons. The van der Waals surface area contributed by atoms with Crippen LogP contribution in [-0.2, 0) is 14.3 Å². The van der Waals surface area contributed by atoms with Crippen molar-refractivity contribution in [3.05, 3.63) is 12.7 Å². The molecule has 28 heavy (non-hydrogen) atoms. The molecule has 2 saturated carbocycles. The van der Waals surface area contributed by atoms with E-state index in [1.165, 1.54) is 16.8 Å². The van der Waals surface area contributed by atoms with Gasteiger partial charge in [-0.15, -0.1) is 6.58 Å². The van der Waals surface area contributed by atoms with Crippen molar-refractivity contribution in [2.45, 2.75) is 81.7 Å². The molecule has 2 N–H and O–H groups in total. The predicted molar refractivity (Wildman–Crippen MR) is 109 cm³/mol. The molecule has 3 amide bonds. The number of carbonyl (C=O) groups is 3. The van der Waals surface area contributed by atoms with Gasteiger partial charge in [-0.25, -0.2) is 4.79 Å². The van der Waals surface area contributed by atoms with Crippen LogP contribution in [0.15, 0.2) is 12.7 Å². The Morgan fingerprint density at radius 3 is 2.50 bits per heavy atom. The second-order valence-corrected chi connectivity index (χ2v) is 10.7. The van der Waals surface area contributed by atoms with Gasteiger partial charge in [0.1, 0.15) is 17.2 Å². The average molecular weight is 410 g/mol. The Labute approximate surface area is 171 Å². The maximum atomic E-state index is 13.0. The van der Waals surface area contributed by atoms with Gasteiger partial charge in [0.2, 0.25) is 5.91 Å². The lowest BCUT2D eigenvalue weighted by atomic mass is 10.1. The number of ether oxygens (including phenoxy) is 1. The van der Waals surface area contributed by atoms with Crippen molar-refractivity contribution in [3.63, 3.8) is 0 Å². The highest BCUT2D eigenvalue weighted by atomic mass is 32.2. The van der Waals surface area contributed by atoms with Crippen LogP contribution >= 0.6 is 11.9 Å². The third-order valence-electron chi connectivity index (χ3n) is 5.58. The lowest BCUT2D eigenvalue weighted by Crippen LogP contribution is -2.55. The van der Waals surface area contributed by atoms with E-state index in [0.717, 1.165) is 19.3 Å². The summed E-state index contributed by atoms with van der Waals surface area (Å²) < 4.78 is 8.46. The minimum atomic E-state index is -0.959. The van der Waals surface area contributed by atoms with Crippen LogP contribution in [0.3, 0.4) is 0 Å². The van der Waals surface area contributed by atoms with Crippen molar-refractivity contribution in [3.8, 4) is 0 Å². The fourth-order valence-electron chi connectivity index (χ4n) is 3.45. The smallest absolute Gasteiger partial charge is 0.410 e. The van der Waals surface area contributed by atoms with Gasteiger partial charge in [0, 0.05) is 17.2 Å². The van der Waals surface area contributed by atoms with Crippen LogP contribution in [0.2, 0.25) is 0 Å². The zero-order valence-corrected chi connectivity index (χ0v) is 18.0. The molecule has 0 aromatic carbocycles. The summed E-state index contributed by atoms with van der Waals surface area (Å²) in [5.74, 6) is -0.586. The van der Waals surface area contributed by atoms with E-state index < -0.39 is 23.3 Å². The third kappa shape index (κ3) is 4.47. The molecule has 3 atom stereocenters. The normalized spacial score (nSPS) is 30.4. The summed E-state index contributed by atoms with van der Waals surface area (Å²) in [6, 6.07) is -0.612. The number of likely N-dealkylation sites (tertiary alicyclic amines) is 1. The molecule has 8 heteroatoms. The van der Waals surface area contributed by atoms with Gasteiger partial charge < -0.3 is 10.1 Å². The maximum absolute atomic E-state index is 13.0. The largest absolute Gasteiger partial charge is 0.444 e. The van der Waals surface area contributed by atoms with Gasteiger partial charge in [0.05, 0.1) is 0 Å². The Kier molecular flexibility index (Phi) is 5.47. The summed E-state index contributed by atoms with van der Waals surface area (Å²) in [6.07, 6.45) is 5.21. The molecule has 0 spiro atoms. The van der Waals surface area contributed by atoms with Crippen molar-refractivity contribution in [2.75, 3.05) is 6.54 Å². The highest BCUT2D eigenvalue weighted by Crippen LogP contribution is 2.49. The first-order valence-corrected chi connectivity index (χ1v) is 10.7. The Balaban J connectivity index is 1.64. The molecule has 1 aliphatic heterocycles. The Hall–Kier alpha value is -1.70. The number of rotatable bonds is 6. The molecule has 156 valence electrons. The number of nitrogens with zero attached hydrogens (tertiary/aromatic N) is 1. The average Bonchev–Trinajstić information content (AvgIpc) is 3.44. The molecule has 3 fully saturated rings. The maximum Gasteiger partial charge on any atom is 0.410 e. The molecule has 0 aromatic heterocycles. The lowest BCUT2D eigenvalue weighted by Gasteiger charge is -2.29. The molecular formula is C20H31N3O4S. The van der Waals surface area contributed by atoms with E-state index in [9.17, 15) is 14.4 Å². The van der Waals surface area contributed by atoms with Crippen LogP contribution in [0, 0.1) is 5.92 Å². The van der Waals surface area contributed by atoms with E-state index >= 15 is 0 Å². The van der Waals surface area contributed by atoms with E-state index in [4.69, 9.17) is 4.74 Å². The Morgan fingerprint density at radius 2 is 1.96 bits per heavy atom. The van der Waals surface area contributed by atoms with Gasteiger partial charge >= 0.3 is 6.09 Å². The van der Waals surface area contributed by atoms with Crippen LogP contribution < -0.4 is 10.0 Å². The van der Waals surface area contributed by atoms with Gasteiger partial charge in [-0.3, -0.25) is 19.2 Å². The zero-order chi connectivity index (χ0) is 20.7. The summed E-state index contributed by atoms with van der Waals surface area (Å²) >= 11 is 1.43. The number of amides is 3. The van der Waals surface area contributed by atoms with E-state index in [1.54, 1.807) is 26.8 Å². The Morgan fingerprint density at radius 1 is 1.29 bits per heavy atom. The lowest BCUT2D eigenvalue weighted by molar-refractivity contribution is -0.131. The number of carbonyl (C=O) groups excluding carboxylic acids is 3. The summed E-state index contributed by atoms with van der Waals surface area (Å²) in [6.45, 7) is 11.8. The SMILES string of the molecule is C=C[C@@H]1C[C@]1(NC(=O)[C@@H]1CCCN1C(=O)OC(C)(C)C)C(=O)NSC1(C)CC1. The second-order valence-electron chi connectivity index (χ2n) is 9.32. The van der Waals surface area contributed by atoms with Crippen LogP contribution in [-0.4, -0.2) is 51.3 Å².